The first-order valence-corrected chi connectivity index (χ1v) is 9.87. The molecule has 0 amide bonds. The Bertz CT molecular complexity index is 1310. The third kappa shape index (κ3) is 2.53. The summed E-state index contributed by atoms with van der Waals surface area (Å²) in [7, 11) is 0. The van der Waals surface area contributed by atoms with Gasteiger partial charge < -0.3 is 14.8 Å². The van der Waals surface area contributed by atoms with E-state index < -0.39 is 0 Å². The zero-order valence-corrected chi connectivity index (χ0v) is 16.4. The minimum atomic E-state index is -0.267. The maximum absolute atomic E-state index is 14.7. The molecule has 4 aromatic rings. The molecular weight excluding hydrogens is 409 g/mol. The normalized spacial score (nSPS) is 17.1. The molecule has 2 aliphatic heterocycles. The van der Waals surface area contributed by atoms with Crippen LogP contribution in [0.15, 0.2) is 42.9 Å². The third-order valence-corrected chi connectivity index (χ3v) is 5.84. The van der Waals surface area contributed by atoms with Crippen LogP contribution in [0, 0.1) is 5.82 Å². The van der Waals surface area contributed by atoms with Gasteiger partial charge in [0, 0.05) is 23.9 Å². The molecule has 5 heterocycles. The minimum absolute atomic E-state index is 0.0584. The number of pyridine rings is 2. The number of aromatic nitrogens is 4. The lowest BCUT2D eigenvalue weighted by molar-refractivity contribution is 0.249. The Hall–Kier alpha value is -3.39. The number of nitrogens with one attached hydrogen (secondary N) is 1. The molecule has 0 saturated heterocycles. The number of rotatable bonds is 1. The molecule has 0 radical (unpaired) electrons. The van der Waals surface area contributed by atoms with Gasteiger partial charge in [-0.05, 0) is 30.3 Å². The van der Waals surface area contributed by atoms with Crippen molar-refractivity contribution >= 4 is 23.1 Å². The van der Waals surface area contributed by atoms with Crippen molar-refractivity contribution < 1.29 is 13.9 Å². The van der Waals surface area contributed by atoms with Crippen LogP contribution in [0.1, 0.15) is 17.0 Å². The molecule has 1 N–H and O–H groups in total. The quantitative estimate of drug-likeness (QED) is 0.497. The van der Waals surface area contributed by atoms with Crippen molar-refractivity contribution in [2.24, 2.45) is 0 Å². The summed E-state index contributed by atoms with van der Waals surface area (Å²) in [4.78, 5) is 4.41. The monoisotopic (exact) mass is 423 g/mol. The topological polar surface area (TPSA) is 73.6 Å². The molecule has 0 spiro atoms. The first-order chi connectivity index (χ1) is 14.7. The Balaban J connectivity index is 1.54. The molecule has 9 heteroatoms. The number of ether oxygens (including phenoxy) is 2. The average Bonchev–Trinajstić information content (AvgIpc) is 3.40. The molecule has 0 saturated carbocycles. The van der Waals surface area contributed by atoms with Gasteiger partial charge in [0.25, 0.3) is 0 Å². The Morgan fingerprint density at radius 1 is 1.17 bits per heavy atom. The number of hydrogen-bond donors (Lipinski definition) is 1. The van der Waals surface area contributed by atoms with Gasteiger partial charge in [0.15, 0.2) is 17.2 Å². The van der Waals surface area contributed by atoms with Crippen LogP contribution in [0.25, 0.3) is 16.9 Å². The summed E-state index contributed by atoms with van der Waals surface area (Å²) in [5, 5.41) is 12.1. The lowest BCUT2D eigenvalue weighted by Gasteiger charge is -2.16. The van der Waals surface area contributed by atoms with E-state index in [0.717, 1.165) is 5.56 Å². The van der Waals surface area contributed by atoms with E-state index in [1.807, 2.05) is 6.07 Å². The number of benzene rings is 1. The summed E-state index contributed by atoms with van der Waals surface area (Å²) in [5.74, 6) is 1.61. The van der Waals surface area contributed by atoms with Crippen molar-refractivity contribution in [3.63, 3.8) is 0 Å². The number of nitrogens with zero attached hydrogens (tertiary/aromatic N) is 4. The van der Waals surface area contributed by atoms with E-state index in [4.69, 9.17) is 21.1 Å². The van der Waals surface area contributed by atoms with Crippen LogP contribution in [0.4, 0.5) is 10.2 Å². The van der Waals surface area contributed by atoms with Crippen LogP contribution in [0.5, 0.6) is 11.5 Å². The number of anilines is 1. The SMILES string of the molecule is Fc1ccc2c3c1CNc1c(cc(-c4ncccc4Cl)c4nncn14)OC[C@@H]3CO2. The molecule has 0 aliphatic carbocycles. The Morgan fingerprint density at radius 2 is 2.03 bits per heavy atom. The first-order valence-electron chi connectivity index (χ1n) is 9.49. The fourth-order valence-electron chi connectivity index (χ4n) is 4.14. The molecular formula is C21H15ClFN5O2. The van der Waals surface area contributed by atoms with E-state index in [-0.39, 0.29) is 18.3 Å². The molecule has 6 rings (SSSR count). The second-order valence-electron chi connectivity index (χ2n) is 7.24. The molecule has 2 aliphatic rings. The van der Waals surface area contributed by atoms with Crippen LogP contribution >= 0.6 is 11.6 Å². The third-order valence-electron chi connectivity index (χ3n) is 5.53. The van der Waals surface area contributed by atoms with Crippen LogP contribution < -0.4 is 14.8 Å². The second kappa shape index (κ2) is 6.56. The van der Waals surface area contributed by atoms with Crippen molar-refractivity contribution in [1.29, 1.82) is 0 Å². The van der Waals surface area contributed by atoms with Crippen LogP contribution in [0.2, 0.25) is 5.02 Å². The average molecular weight is 424 g/mol. The van der Waals surface area contributed by atoms with Gasteiger partial charge in [0.2, 0.25) is 0 Å². The molecule has 1 atom stereocenters. The summed E-state index contributed by atoms with van der Waals surface area (Å²) < 4.78 is 28.4. The highest BCUT2D eigenvalue weighted by Gasteiger charge is 2.31. The van der Waals surface area contributed by atoms with Gasteiger partial charge in [0.05, 0.1) is 35.4 Å². The largest absolute Gasteiger partial charge is 0.493 e. The number of fused-ring (bicyclic) bond motifs is 3. The zero-order chi connectivity index (χ0) is 20.2. The van der Waals surface area contributed by atoms with E-state index in [2.05, 4.69) is 20.5 Å². The van der Waals surface area contributed by atoms with E-state index in [1.165, 1.54) is 6.07 Å². The fourth-order valence-corrected chi connectivity index (χ4v) is 4.37. The van der Waals surface area contributed by atoms with Crippen molar-refractivity contribution in [3.8, 4) is 22.8 Å². The highest BCUT2D eigenvalue weighted by atomic mass is 35.5. The molecule has 0 fully saturated rings. The minimum Gasteiger partial charge on any atom is -0.493 e. The maximum Gasteiger partial charge on any atom is 0.171 e. The van der Waals surface area contributed by atoms with Gasteiger partial charge in [0.1, 0.15) is 17.9 Å². The highest BCUT2D eigenvalue weighted by molar-refractivity contribution is 6.33. The predicted octanol–water partition coefficient (Wildman–Crippen LogP) is 4.06. The number of halogens is 2. The van der Waals surface area contributed by atoms with Crippen LogP contribution in [-0.4, -0.2) is 32.8 Å². The van der Waals surface area contributed by atoms with Gasteiger partial charge in [-0.1, -0.05) is 11.6 Å². The fraction of sp³-hybridized carbons (Fsp3) is 0.190. The summed E-state index contributed by atoms with van der Waals surface area (Å²) in [6.45, 7) is 1.08. The Morgan fingerprint density at radius 3 is 2.90 bits per heavy atom. The van der Waals surface area contributed by atoms with Gasteiger partial charge in [-0.2, -0.15) is 0 Å². The van der Waals surface area contributed by atoms with Crippen LogP contribution in [0.3, 0.4) is 0 Å². The smallest absolute Gasteiger partial charge is 0.171 e. The van der Waals surface area contributed by atoms with E-state index in [1.54, 1.807) is 35.1 Å². The van der Waals surface area contributed by atoms with Crippen molar-refractivity contribution in [1.82, 2.24) is 19.6 Å². The van der Waals surface area contributed by atoms with E-state index in [0.29, 0.717) is 58.0 Å². The Kier molecular flexibility index (Phi) is 3.82. The summed E-state index contributed by atoms with van der Waals surface area (Å²) in [6.07, 6.45) is 3.26. The van der Waals surface area contributed by atoms with Gasteiger partial charge in [-0.25, -0.2) is 4.39 Å². The molecule has 1 aromatic carbocycles. The molecule has 3 aromatic heterocycles. The predicted molar refractivity (Wildman–Crippen MR) is 109 cm³/mol. The molecule has 7 nitrogen and oxygen atoms in total. The molecule has 150 valence electrons. The first kappa shape index (κ1) is 17.5. The Labute approximate surface area is 175 Å². The van der Waals surface area contributed by atoms with Crippen LogP contribution in [-0.2, 0) is 6.54 Å². The van der Waals surface area contributed by atoms with Crippen molar-refractivity contribution in [2.45, 2.75) is 12.5 Å². The van der Waals surface area contributed by atoms with Crippen molar-refractivity contribution in [2.75, 3.05) is 18.5 Å². The standard InChI is InChI=1S/C21H15ClFN5O2/c22-14-2-1-5-24-19(14)12-6-17-21(28-10-26-27-20(12)28)25-7-13-15(23)3-4-16-18(13)11(8-29-16)9-30-17/h1-6,10-11,25H,7-9H2/t11-/m0/s1. The maximum atomic E-state index is 14.7. The lowest BCUT2D eigenvalue weighted by Crippen LogP contribution is -2.13. The summed E-state index contributed by atoms with van der Waals surface area (Å²) in [6, 6.07) is 8.51. The summed E-state index contributed by atoms with van der Waals surface area (Å²) >= 11 is 6.39. The summed E-state index contributed by atoms with van der Waals surface area (Å²) in [5.41, 5.74) is 3.31. The lowest BCUT2D eigenvalue weighted by atomic mass is 9.96. The highest BCUT2D eigenvalue weighted by Crippen LogP contribution is 2.42. The second-order valence-corrected chi connectivity index (χ2v) is 7.65. The number of hydrogen-bond acceptors (Lipinski definition) is 6. The van der Waals surface area contributed by atoms with Gasteiger partial charge >= 0.3 is 0 Å². The zero-order valence-electron chi connectivity index (χ0n) is 15.6. The van der Waals surface area contributed by atoms with E-state index >= 15 is 0 Å². The molecule has 0 bridgehead atoms. The molecule has 0 unspecified atom stereocenters. The van der Waals surface area contributed by atoms with Gasteiger partial charge in [-0.3, -0.25) is 9.38 Å². The van der Waals surface area contributed by atoms with E-state index in [9.17, 15) is 4.39 Å². The molecule has 30 heavy (non-hydrogen) atoms. The van der Waals surface area contributed by atoms with Gasteiger partial charge in [-0.15, -0.1) is 10.2 Å². The van der Waals surface area contributed by atoms with Crippen molar-refractivity contribution in [3.05, 3.63) is 64.8 Å².